The second-order valence-electron chi connectivity index (χ2n) is 9.16. The molecular weight excluding hydrogens is 412 g/mol. The van der Waals surface area contributed by atoms with E-state index in [1.165, 1.54) is 25.3 Å². The molecule has 0 spiro atoms. The van der Waals surface area contributed by atoms with Crippen molar-refractivity contribution >= 4 is 29.3 Å². The maximum atomic E-state index is 13.1. The fraction of sp³-hybridized carbons (Fsp3) is 0.407. The average molecular weight is 449 g/mol. The molecular formula is C27H36N4O2. The van der Waals surface area contributed by atoms with E-state index in [9.17, 15) is 9.59 Å². The van der Waals surface area contributed by atoms with Crippen LogP contribution in [0.3, 0.4) is 0 Å². The summed E-state index contributed by atoms with van der Waals surface area (Å²) in [5.74, 6) is 0.223. The predicted octanol–water partition coefficient (Wildman–Crippen LogP) is 4.66. The summed E-state index contributed by atoms with van der Waals surface area (Å²) in [6.45, 7) is 5.02. The van der Waals surface area contributed by atoms with E-state index in [-0.39, 0.29) is 17.9 Å². The van der Waals surface area contributed by atoms with E-state index in [0.717, 1.165) is 30.5 Å². The Morgan fingerprint density at radius 3 is 2.39 bits per heavy atom. The first kappa shape index (κ1) is 24.5. The maximum absolute atomic E-state index is 13.1. The molecule has 1 atom stereocenters. The Morgan fingerprint density at radius 1 is 1.03 bits per heavy atom. The van der Waals surface area contributed by atoms with Crippen molar-refractivity contribution < 1.29 is 9.59 Å². The Labute approximate surface area is 197 Å². The SMILES string of the molecule is CC(C)CNC(C(=O)NC1CCCCC1)c1ccc(/C=C/C(=O)Nc2ccccc2N)cc1. The summed E-state index contributed by atoms with van der Waals surface area (Å²) in [5, 5.41) is 9.44. The van der Waals surface area contributed by atoms with Gasteiger partial charge in [0, 0.05) is 12.1 Å². The van der Waals surface area contributed by atoms with Crippen LogP contribution in [0.2, 0.25) is 0 Å². The summed E-state index contributed by atoms with van der Waals surface area (Å²) < 4.78 is 0. The second kappa shape index (κ2) is 12.2. The zero-order valence-electron chi connectivity index (χ0n) is 19.6. The fourth-order valence-corrected chi connectivity index (χ4v) is 4.00. The summed E-state index contributed by atoms with van der Waals surface area (Å²) in [5.41, 5.74) is 8.78. The lowest BCUT2D eigenvalue weighted by molar-refractivity contribution is -0.124. The third kappa shape index (κ3) is 7.75. The number of amides is 2. The number of nitrogen functional groups attached to an aromatic ring is 1. The molecule has 0 bridgehead atoms. The van der Waals surface area contributed by atoms with Gasteiger partial charge in [0.1, 0.15) is 6.04 Å². The minimum Gasteiger partial charge on any atom is -0.397 e. The third-order valence-corrected chi connectivity index (χ3v) is 5.86. The van der Waals surface area contributed by atoms with Crippen molar-refractivity contribution in [1.82, 2.24) is 10.6 Å². The van der Waals surface area contributed by atoms with Gasteiger partial charge in [-0.2, -0.15) is 0 Å². The third-order valence-electron chi connectivity index (χ3n) is 5.86. The Bertz CT molecular complexity index is 947. The summed E-state index contributed by atoms with van der Waals surface area (Å²) >= 11 is 0. The molecule has 5 N–H and O–H groups in total. The number of nitrogens with one attached hydrogen (secondary N) is 3. The molecule has 0 aliphatic heterocycles. The molecule has 1 fully saturated rings. The molecule has 0 heterocycles. The molecule has 6 nitrogen and oxygen atoms in total. The monoisotopic (exact) mass is 448 g/mol. The van der Waals surface area contributed by atoms with E-state index >= 15 is 0 Å². The van der Waals surface area contributed by atoms with Crippen LogP contribution in [0.15, 0.2) is 54.6 Å². The molecule has 0 saturated heterocycles. The van der Waals surface area contributed by atoms with Gasteiger partial charge in [-0.25, -0.2) is 0 Å². The van der Waals surface area contributed by atoms with Gasteiger partial charge in [-0.05, 0) is 54.6 Å². The van der Waals surface area contributed by atoms with Crippen molar-refractivity contribution in [2.24, 2.45) is 5.92 Å². The number of hydrogen-bond donors (Lipinski definition) is 4. The highest BCUT2D eigenvalue weighted by molar-refractivity contribution is 6.03. The van der Waals surface area contributed by atoms with Gasteiger partial charge in [0.25, 0.3) is 0 Å². The lowest BCUT2D eigenvalue weighted by atomic mass is 9.94. The molecule has 2 aromatic carbocycles. The van der Waals surface area contributed by atoms with E-state index in [1.54, 1.807) is 18.2 Å². The van der Waals surface area contributed by atoms with Crippen molar-refractivity contribution in [3.8, 4) is 0 Å². The normalized spacial score (nSPS) is 15.5. The van der Waals surface area contributed by atoms with Crippen molar-refractivity contribution in [2.75, 3.05) is 17.6 Å². The van der Waals surface area contributed by atoms with Gasteiger partial charge in [-0.15, -0.1) is 0 Å². The maximum Gasteiger partial charge on any atom is 0.248 e. The first-order valence-electron chi connectivity index (χ1n) is 11.9. The minimum atomic E-state index is -0.392. The smallest absolute Gasteiger partial charge is 0.248 e. The number of hydrogen-bond acceptors (Lipinski definition) is 4. The average Bonchev–Trinajstić information content (AvgIpc) is 2.80. The summed E-state index contributed by atoms with van der Waals surface area (Å²) in [7, 11) is 0. The van der Waals surface area contributed by atoms with Gasteiger partial charge >= 0.3 is 0 Å². The van der Waals surface area contributed by atoms with Crippen LogP contribution in [0.25, 0.3) is 6.08 Å². The van der Waals surface area contributed by atoms with Crippen molar-refractivity contribution in [3.63, 3.8) is 0 Å². The quantitative estimate of drug-likeness (QED) is 0.331. The predicted molar refractivity (Wildman–Crippen MR) is 136 cm³/mol. The number of nitrogens with two attached hydrogens (primary N) is 1. The molecule has 3 rings (SSSR count). The van der Waals surface area contributed by atoms with Crippen molar-refractivity contribution in [1.29, 1.82) is 0 Å². The van der Waals surface area contributed by atoms with Crippen molar-refractivity contribution in [3.05, 3.63) is 65.7 Å². The standard InChI is InChI=1S/C27H36N4O2/c1-19(2)18-29-26(27(33)30-22-8-4-3-5-9-22)21-15-12-20(13-16-21)14-17-25(32)31-24-11-7-6-10-23(24)28/h6-7,10-17,19,22,26,29H,3-5,8-9,18,28H2,1-2H3,(H,30,33)(H,31,32)/b17-14+. The van der Waals surface area contributed by atoms with E-state index in [2.05, 4.69) is 29.8 Å². The topological polar surface area (TPSA) is 96.2 Å². The van der Waals surface area contributed by atoms with Crippen LogP contribution in [-0.2, 0) is 9.59 Å². The molecule has 6 heteroatoms. The Hall–Kier alpha value is -3.12. The Morgan fingerprint density at radius 2 is 1.73 bits per heavy atom. The van der Waals surface area contributed by atoms with Crippen LogP contribution in [0.5, 0.6) is 0 Å². The number of para-hydroxylation sites is 2. The Kier molecular flexibility index (Phi) is 9.07. The largest absolute Gasteiger partial charge is 0.397 e. The number of carbonyl (C=O) groups excluding carboxylic acids is 2. The zero-order valence-corrected chi connectivity index (χ0v) is 19.6. The summed E-state index contributed by atoms with van der Waals surface area (Å²) in [6, 6.07) is 14.8. The molecule has 0 aromatic heterocycles. The lowest BCUT2D eigenvalue weighted by Gasteiger charge is -2.26. The van der Waals surface area contributed by atoms with Crippen LogP contribution >= 0.6 is 0 Å². The summed E-state index contributed by atoms with van der Waals surface area (Å²) in [6.07, 6.45) is 8.96. The number of benzene rings is 2. The molecule has 1 unspecified atom stereocenters. The lowest BCUT2D eigenvalue weighted by Crippen LogP contribution is -2.44. The zero-order chi connectivity index (χ0) is 23.6. The van der Waals surface area contributed by atoms with Crippen LogP contribution in [0, 0.1) is 5.92 Å². The molecule has 1 aliphatic rings. The van der Waals surface area contributed by atoms with E-state index in [4.69, 9.17) is 5.73 Å². The molecule has 1 aliphatic carbocycles. The highest BCUT2D eigenvalue weighted by Crippen LogP contribution is 2.21. The van der Waals surface area contributed by atoms with Gasteiger partial charge < -0.3 is 21.7 Å². The molecule has 0 radical (unpaired) electrons. The van der Waals surface area contributed by atoms with Gasteiger partial charge in [0.05, 0.1) is 11.4 Å². The van der Waals surface area contributed by atoms with E-state index < -0.39 is 6.04 Å². The number of rotatable bonds is 9. The molecule has 1 saturated carbocycles. The van der Waals surface area contributed by atoms with Gasteiger partial charge in [-0.3, -0.25) is 9.59 Å². The van der Waals surface area contributed by atoms with Gasteiger partial charge in [0.15, 0.2) is 0 Å². The van der Waals surface area contributed by atoms with E-state index in [0.29, 0.717) is 17.3 Å². The first-order valence-corrected chi connectivity index (χ1v) is 11.9. The number of anilines is 2. The molecule has 2 aromatic rings. The molecule has 33 heavy (non-hydrogen) atoms. The van der Waals surface area contributed by atoms with Crippen LogP contribution < -0.4 is 21.7 Å². The Balaban J connectivity index is 1.64. The minimum absolute atomic E-state index is 0.0330. The van der Waals surface area contributed by atoms with Gasteiger partial charge in [-0.1, -0.05) is 69.5 Å². The molecule has 2 amide bonds. The fourth-order valence-electron chi connectivity index (χ4n) is 4.00. The number of carbonyl (C=O) groups is 2. The van der Waals surface area contributed by atoms with Crippen LogP contribution in [-0.4, -0.2) is 24.4 Å². The highest BCUT2D eigenvalue weighted by atomic mass is 16.2. The second-order valence-corrected chi connectivity index (χ2v) is 9.16. The van der Waals surface area contributed by atoms with Crippen LogP contribution in [0.1, 0.15) is 63.1 Å². The molecule has 176 valence electrons. The van der Waals surface area contributed by atoms with E-state index in [1.807, 2.05) is 36.4 Å². The first-order chi connectivity index (χ1) is 15.9. The van der Waals surface area contributed by atoms with Crippen molar-refractivity contribution in [2.45, 2.75) is 58.0 Å². The van der Waals surface area contributed by atoms with Crippen LogP contribution in [0.4, 0.5) is 11.4 Å². The van der Waals surface area contributed by atoms with Gasteiger partial charge in [0.2, 0.25) is 11.8 Å². The highest BCUT2D eigenvalue weighted by Gasteiger charge is 2.24. The summed E-state index contributed by atoms with van der Waals surface area (Å²) in [4.78, 5) is 25.3.